The smallest absolute Gasteiger partial charge is 0.271 e. The number of piperidine rings is 1. The Labute approximate surface area is 129 Å². The first-order chi connectivity index (χ1) is 10.4. The van der Waals surface area contributed by atoms with Crippen LogP contribution in [0.15, 0.2) is 12.3 Å². The molecular weight excluding hydrogens is 308 g/mol. The van der Waals surface area contributed by atoms with Crippen LogP contribution in [0, 0.1) is 0 Å². The Morgan fingerprint density at radius 3 is 2.82 bits per heavy atom. The number of aromatic nitrogens is 2. The van der Waals surface area contributed by atoms with E-state index in [1.165, 1.54) is 0 Å². The number of ether oxygens (including phenoxy) is 1. The van der Waals surface area contributed by atoms with Gasteiger partial charge in [-0.05, 0) is 25.3 Å². The summed E-state index contributed by atoms with van der Waals surface area (Å²) in [6, 6.07) is 1.48. The van der Waals surface area contributed by atoms with Crippen LogP contribution in [-0.4, -0.2) is 67.0 Å². The van der Waals surface area contributed by atoms with Crippen molar-refractivity contribution in [3.8, 4) is 0 Å². The molecule has 0 radical (unpaired) electrons. The highest BCUT2D eigenvalue weighted by Gasteiger charge is 2.44. The molecule has 1 unspecified atom stereocenters. The summed E-state index contributed by atoms with van der Waals surface area (Å²) in [5.74, 6) is -0.0591. The van der Waals surface area contributed by atoms with Crippen LogP contribution in [0.2, 0.25) is 0 Å². The predicted molar refractivity (Wildman–Crippen MR) is 78.8 cm³/mol. The van der Waals surface area contributed by atoms with Gasteiger partial charge in [-0.2, -0.15) is 5.10 Å². The number of likely N-dealkylation sites (tertiary alicyclic amines) is 1. The number of carbonyl (C=O) groups excluding carboxylic acids is 1. The number of nitrogens with zero attached hydrogens (tertiary/aromatic N) is 2. The molecule has 2 aliphatic heterocycles. The molecule has 0 aliphatic carbocycles. The minimum absolute atomic E-state index is 0.0591. The highest BCUT2D eigenvalue weighted by atomic mass is 32.2. The third kappa shape index (κ3) is 3.31. The Hall–Kier alpha value is -1.45. The molecule has 3 rings (SSSR count). The lowest BCUT2D eigenvalue weighted by molar-refractivity contribution is -0.0389. The summed E-state index contributed by atoms with van der Waals surface area (Å²) in [6.45, 7) is 1.59. The van der Waals surface area contributed by atoms with Gasteiger partial charge >= 0.3 is 0 Å². The van der Waals surface area contributed by atoms with Crippen molar-refractivity contribution in [2.24, 2.45) is 0 Å². The minimum Gasteiger partial charge on any atom is -0.373 e. The van der Waals surface area contributed by atoms with E-state index in [2.05, 4.69) is 14.9 Å². The number of rotatable bonds is 3. The molecule has 0 saturated carbocycles. The number of H-pyrrole nitrogens is 1. The second-order valence-electron chi connectivity index (χ2n) is 6.05. The van der Waals surface area contributed by atoms with Crippen molar-refractivity contribution in [2.75, 3.05) is 26.0 Å². The van der Waals surface area contributed by atoms with Crippen molar-refractivity contribution in [2.45, 2.75) is 30.9 Å². The second-order valence-corrected chi connectivity index (χ2v) is 7.83. The van der Waals surface area contributed by atoms with E-state index in [-0.39, 0.29) is 17.6 Å². The quantitative estimate of drug-likeness (QED) is 0.794. The fraction of sp³-hybridized carbons (Fsp3) is 0.692. The average molecular weight is 328 g/mol. The maximum Gasteiger partial charge on any atom is 0.271 e. The monoisotopic (exact) mass is 328 g/mol. The van der Waals surface area contributed by atoms with E-state index in [9.17, 15) is 13.2 Å². The van der Waals surface area contributed by atoms with Crippen molar-refractivity contribution in [3.05, 3.63) is 18.0 Å². The van der Waals surface area contributed by atoms with Crippen LogP contribution in [0.25, 0.3) is 0 Å². The SMILES string of the molecule is CS(=O)(=O)NC1COC2(CCN(C(=O)c3ccn[nH]3)CC2)C1. The zero-order valence-corrected chi connectivity index (χ0v) is 13.2. The van der Waals surface area contributed by atoms with E-state index < -0.39 is 10.0 Å². The number of nitrogens with one attached hydrogen (secondary N) is 2. The molecule has 22 heavy (non-hydrogen) atoms. The molecule has 1 aromatic heterocycles. The normalized spacial score (nSPS) is 24.8. The maximum absolute atomic E-state index is 12.2. The fourth-order valence-electron chi connectivity index (χ4n) is 3.23. The molecule has 0 aromatic carbocycles. The van der Waals surface area contributed by atoms with Crippen LogP contribution in [0.5, 0.6) is 0 Å². The molecule has 9 heteroatoms. The van der Waals surface area contributed by atoms with Gasteiger partial charge in [0.15, 0.2) is 0 Å². The summed E-state index contributed by atoms with van der Waals surface area (Å²) < 4.78 is 31.1. The van der Waals surface area contributed by atoms with Crippen molar-refractivity contribution in [1.82, 2.24) is 19.8 Å². The van der Waals surface area contributed by atoms with Crippen LogP contribution < -0.4 is 4.72 Å². The van der Waals surface area contributed by atoms with E-state index in [0.29, 0.717) is 31.8 Å². The largest absolute Gasteiger partial charge is 0.373 e. The molecule has 8 nitrogen and oxygen atoms in total. The number of hydrogen-bond donors (Lipinski definition) is 2. The number of hydrogen-bond acceptors (Lipinski definition) is 5. The van der Waals surface area contributed by atoms with Crippen LogP contribution >= 0.6 is 0 Å². The summed E-state index contributed by atoms with van der Waals surface area (Å²) in [6.07, 6.45) is 4.81. The fourth-order valence-corrected chi connectivity index (χ4v) is 3.99. The maximum atomic E-state index is 12.2. The molecule has 2 saturated heterocycles. The Balaban J connectivity index is 1.57. The van der Waals surface area contributed by atoms with E-state index in [4.69, 9.17) is 4.74 Å². The van der Waals surface area contributed by atoms with Gasteiger partial charge in [-0.3, -0.25) is 9.89 Å². The van der Waals surface area contributed by atoms with Crippen molar-refractivity contribution in [3.63, 3.8) is 0 Å². The van der Waals surface area contributed by atoms with Gasteiger partial charge in [-0.15, -0.1) is 0 Å². The first-order valence-corrected chi connectivity index (χ1v) is 9.16. The van der Waals surface area contributed by atoms with E-state index >= 15 is 0 Å². The molecule has 2 N–H and O–H groups in total. The van der Waals surface area contributed by atoms with Crippen LogP contribution in [-0.2, 0) is 14.8 Å². The van der Waals surface area contributed by atoms with Gasteiger partial charge in [0.1, 0.15) is 5.69 Å². The number of sulfonamides is 1. The highest BCUT2D eigenvalue weighted by Crippen LogP contribution is 2.36. The topological polar surface area (TPSA) is 104 Å². The molecule has 1 spiro atoms. The van der Waals surface area contributed by atoms with Crippen molar-refractivity contribution >= 4 is 15.9 Å². The van der Waals surface area contributed by atoms with Gasteiger partial charge in [0.2, 0.25) is 10.0 Å². The molecule has 1 aromatic rings. The lowest BCUT2D eigenvalue weighted by atomic mass is 9.87. The van der Waals surface area contributed by atoms with E-state index in [0.717, 1.165) is 19.1 Å². The van der Waals surface area contributed by atoms with Gasteiger partial charge in [-0.25, -0.2) is 13.1 Å². The summed E-state index contributed by atoms with van der Waals surface area (Å²) in [5, 5.41) is 6.47. The predicted octanol–water partition coefficient (Wildman–Crippen LogP) is -0.277. The number of amides is 1. The second kappa shape index (κ2) is 5.64. The van der Waals surface area contributed by atoms with Gasteiger partial charge in [0, 0.05) is 25.3 Å². The molecule has 2 fully saturated rings. The van der Waals surface area contributed by atoms with Gasteiger partial charge in [0.25, 0.3) is 5.91 Å². The van der Waals surface area contributed by atoms with Crippen LogP contribution in [0.1, 0.15) is 29.8 Å². The Kier molecular flexibility index (Phi) is 3.96. The minimum atomic E-state index is -3.22. The lowest BCUT2D eigenvalue weighted by Gasteiger charge is -2.38. The molecule has 1 atom stereocenters. The zero-order valence-electron chi connectivity index (χ0n) is 12.4. The molecule has 3 heterocycles. The lowest BCUT2D eigenvalue weighted by Crippen LogP contribution is -2.47. The van der Waals surface area contributed by atoms with Crippen LogP contribution in [0.4, 0.5) is 0 Å². The highest BCUT2D eigenvalue weighted by molar-refractivity contribution is 7.88. The first kappa shape index (κ1) is 15.4. The summed E-state index contributed by atoms with van der Waals surface area (Å²) in [4.78, 5) is 14.0. The zero-order chi connectivity index (χ0) is 15.8. The van der Waals surface area contributed by atoms with Gasteiger partial charge < -0.3 is 9.64 Å². The van der Waals surface area contributed by atoms with E-state index in [1.807, 2.05) is 0 Å². The Bertz CT molecular complexity index is 635. The third-order valence-corrected chi connectivity index (χ3v) is 5.04. The summed E-state index contributed by atoms with van der Waals surface area (Å²) in [5.41, 5.74) is 0.174. The molecular formula is C13H20N4O4S. The van der Waals surface area contributed by atoms with Gasteiger partial charge in [0.05, 0.1) is 18.5 Å². The number of carbonyl (C=O) groups is 1. The molecule has 0 bridgehead atoms. The third-order valence-electron chi connectivity index (χ3n) is 4.28. The average Bonchev–Trinajstić information content (AvgIpc) is 3.08. The molecule has 2 aliphatic rings. The Morgan fingerprint density at radius 1 is 1.50 bits per heavy atom. The van der Waals surface area contributed by atoms with E-state index in [1.54, 1.807) is 17.2 Å². The first-order valence-electron chi connectivity index (χ1n) is 7.27. The standard InChI is InChI=1S/C13H20N4O4S/c1-22(19,20)16-10-8-13(21-9-10)3-6-17(7-4-13)12(18)11-2-5-14-15-11/h2,5,10,16H,3-4,6-9H2,1H3,(H,14,15). The molecule has 122 valence electrons. The Morgan fingerprint density at radius 2 is 2.23 bits per heavy atom. The van der Waals surface area contributed by atoms with Crippen LogP contribution in [0.3, 0.4) is 0 Å². The summed E-state index contributed by atoms with van der Waals surface area (Å²) in [7, 11) is -3.22. The number of aromatic amines is 1. The van der Waals surface area contributed by atoms with Crippen molar-refractivity contribution in [1.29, 1.82) is 0 Å². The summed E-state index contributed by atoms with van der Waals surface area (Å²) >= 11 is 0. The molecule has 1 amide bonds. The van der Waals surface area contributed by atoms with Gasteiger partial charge in [-0.1, -0.05) is 0 Å². The van der Waals surface area contributed by atoms with Crippen molar-refractivity contribution < 1.29 is 17.9 Å².